The molecule has 0 unspecified atom stereocenters. The third-order valence-electron chi connectivity index (χ3n) is 5.74. The second-order valence-corrected chi connectivity index (χ2v) is 23.5. The molecule has 0 saturated heterocycles. The summed E-state index contributed by atoms with van der Waals surface area (Å²) in [5.74, 6) is 0.00629. The summed E-state index contributed by atoms with van der Waals surface area (Å²) in [6, 6.07) is -0.391. The molecule has 0 aliphatic carbocycles. The number of hydrogen-bond donors (Lipinski definition) is 1. The van der Waals surface area contributed by atoms with Crippen molar-refractivity contribution in [2.75, 3.05) is 7.11 Å². The van der Waals surface area contributed by atoms with Crippen LogP contribution in [0.2, 0.25) is 13.3 Å². The van der Waals surface area contributed by atoms with E-state index in [4.69, 9.17) is 9.47 Å². The van der Waals surface area contributed by atoms with Gasteiger partial charge in [0, 0.05) is 0 Å². The van der Waals surface area contributed by atoms with Crippen LogP contribution in [0.5, 0.6) is 0 Å². The van der Waals surface area contributed by atoms with Gasteiger partial charge < -0.3 is 0 Å². The molecular formula is C26H51NO4Sn. The molecule has 0 fully saturated rings. The van der Waals surface area contributed by atoms with Crippen LogP contribution in [0.15, 0.2) is 9.67 Å². The molecule has 5 nitrogen and oxygen atoms in total. The van der Waals surface area contributed by atoms with Crippen LogP contribution >= 0.6 is 0 Å². The van der Waals surface area contributed by atoms with E-state index in [1.54, 1.807) is 0 Å². The molecule has 0 saturated carbocycles. The van der Waals surface area contributed by atoms with E-state index >= 15 is 0 Å². The average Bonchev–Trinajstić information content (AvgIpc) is 2.70. The van der Waals surface area contributed by atoms with E-state index in [-0.39, 0.29) is 5.97 Å². The molecule has 0 aliphatic rings. The normalized spacial score (nSPS) is 13.8. The minimum atomic E-state index is -2.79. The Hall–Kier alpha value is -0.721. The van der Waals surface area contributed by atoms with E-state index in [2.05, 4.69) is 44.0 Å². The van der Waals surface area contributed by atoms with Crippen LogP contribution in [-0.4, -0.2) is 49.2 Å². The molecule has 0 rings (SSSR count). The quantitative estimate of drug-likeness (QED) is 0.129. The van der Waals surface area contributed by atoms with Crippen molar-refractivity contribution in [1.29, 1.82) is 0 Å². The molecule has 1 atom stereocenters. The van der Waals surface area contributed by atoms with Gasteiger partial charge in [0.1, 0.15) is 0 Å². The maximum atomic E-state index is 13.1. The van der Waals surface area contributed by atoms with Gasteiger partial charge in [0.2, 0.25) is 0 Å². The third-order valence-corrected chi connectivity index (χ3v) is 19.9. The molecule has 0 aromatic rings. The first-order valence-electron chi connectivity index (χ1n) is 12.7. The Morgan fingerprint density at radius 3 is 1.75 bits per heavy atom. The van der Waals surface area contributed by atoms with Crippen LogP contribution < -0.4 is 5.32 Å². The van der Waals surface area contributed by atoms with Crippen molar-refractivity contribution in [3.05, 3.63) is 9.67 Å². The minimum absolute atomic E-state index is 0.308. The number of nitrogens with one attached hydrogen (secondary N) is 1. The van der Waals surface area contributed by atoms with Gasteiger partial charge in [-0.1, -0.05) is 0 Å². The number of carbonyl (C=O) groups is 2. The number of rotatable bonds is 15. The molecule has 0 heterocycles. The van der Waals surface area contributed by atoms with Crippen LogP contribution in [0.3, 0.4) is 0 Å². The fourth-order valence-corrected chi connectivity index (χ4v) is 19.3. The van der Waals surface area contributed by atoms with Crippen molar-refractivity contribution in [1.82, 2.24) is 5.32 Å². The predicted molar refractivity (Wildman–Crippen MR) is 138 cm³/mol. The van der Waals surface area contributed by atoms with Crippen molar-refractivity contribution < 1.29 is 19.1 Å². The predicted octanol–water partition coefficient (Wildman–Crippen LogP) is 7.41. The van der Waals surface area contributed by atoms with E-state index in [1.807, 2.05) is 20.8 Å². The fraction of sp³-hybridized carbons (Fsp3) is 0.846. The van der Waals surface area contributed by atoms with Crippen LogP contribution in [0.1, 0.15) is 100 Å². The molecule has 0 spiro atoms. The van der Waals surface area contributed by atoms with Gasteiger partial charge in [0.25, 0.3) is 0 Å². The molecule has 1 N–H and O–H groups in total. The van der Waals surface area contributed by atoms with Crippen molar-refractivity contribution in [3.63, 3.8) is 0 Å². The first kappa shape index (κ1) is 31.3. The molecule has 0 aromatic carbocycles. The number of amides is 1. The zero-order valence-electron chi connectivity index (χ0n) is 22.4. The van der Waals surface area contributed by atoms with Gasteiger partial charge in [-0.2, -0.15) is 0 Å². The van der Waals surface area contributed by atoms with E-state index < -0.39 is 36.1 Å². The van der Waals surface area contributed by atoms with Gasteiger partial charge in [0.15, 0.2) is 0 Å². The van der Waals surface area contributed by atoms with Gasteiger partial charge in [-0.15, -0.1) is 0 Å². The van der Waals surface area contributed by atoms with Crippen molar-refractivity contribution in [3.8, 4) is 0 Å². The molecule has 0 aromatic heterocycles. The Morgan fingerprint density at radius 1 is 0.938 bits per heavy atom. The molecule has 1 amide bonds. The first-order chi connectivity index (χ1) is 14.9. The summed E-state index contributed by atoms with van der Waals surface area (Å²) in [7, 11) is 1.44. The molecule has 32 heavy (non-hydrogen) atoms. The third kappa shape index (κ3) is 13.1. The molecule has 0 radical (unpaired) electrons. The summed E-state index contributed by atoms with van der Waals surface area (Å²) in [5.41, 5.74) is 0.0692. The van der Waals surface area contributed by atoms with Gasteiger partial charge in [-0.3, -0.25) is 0 Å². The standard InChI is InChI=1S/C14H24NO4.3C4H9.Sn/c1-9(2)8-11(10(3)12(16)18-7)15-13(17)19-14(4,5)6;3*1-3-4-2;/h3,9,11H,8H2,1-2,4-7H3,(H,15,17);3*1,3-4H2,2H3;/t11-;;;;/m0..../s1. The van der Waals surface area contributed by atoms with Gasteiger partial charge in [0.05, 0.1) is 0 Å². The molecule has 6 heteroatoms. The number of alkyl carbamates (subject to hydrolysis) is 1. The summed E-state index contributed by atoms with van der Waals surface area (Å²) in [4.78, 5) is 25.7. The van der Waals surface area contributed by atoms with Crippen molar-refractivity contribution in [2.45, 2.75) is 125 Å². The topological polar surface area (TPSA) is 64.6 Å². The van der Waals surface area contributed by atoms with Crippen molar-refractivity contribution in [2.24, 2.45) is 5.92 Å². The number of methoxy groups -OCH3 is 1. The second-order valence-electron chi connectivity index (χ2n) is 10.6. The second kappa shape index (κ2) is 16.0. The van der Waals surface area contributed by atoms with Crippen LogP contribution in [0.4, 0.5) is 4.79 Å². The van der Waals surface area contributed by atoms with Crippen LogP contribution in [-0.2, 0) is 14.3 Å². The summed E-state index contributed by atoms with van der Waals surface area (Å²) < 4.78 is 16.9. The number of esters is 1. The van der Waals surface area contributed by atoms with E-state index in [1.165, 1.54) is 58.9 Å². The van der Waals surface area contributed by atoms with E-state index in [9.17, 15) is 9.59 Å². The Bertz CT molecular complexity index is 559. The molecule has 0 aliphatic heterocycles. The maximum absolute atomic E-state index is 13.1. The van der Waals surface area contributed by atoms with Gasteiger partial charge in [-0.25, -0.2) is 0 Å². The Balaban J connectivity index is 6.35. The first-order valence-corrected chi connectivity index (χ1v) is 20.4. The summed E-state index contributed by atoms with van der Waals surface area (Å²) in [6.07, 6.45) is 7.35. The molecule has 188 valence electrons. The van der Waals surface area contributed by atoms with Crippen LogP contribution in [0, 0.1) is 5.92 Å². The van der Waals surface area contributed by atoms with Crippen LogP contribution in [0.25, 0.3) is 0 Å². The summed E-state index contributed by atoms with van der Waals surface area (Å²) >= 11 is -2.79. The molecular weight excluding hydrogens is 509 g/mol. The number of unbranched alkanes of at least 4 members (excludes halogenated alkanes) is 3. The zero-order chi connectivity index (χ0) is 24.8. The van der Waals surface area contributed by atoms with Gasteiger partial charge >= 0.3 is 203 Å². The summed E-state index contributed by atoms with van der Waals surface area (Å²) in [5, 5.41) is 3.01. The monoisotopic (exact) mass is 561 g/mol. The zero-order valence-corrected chi connectivity index (χ0v) is 25.3. The number of hydrogen-bond acceptors (Lipinski definition) is 4. The van der Waals surface area contributed by atoms with Gasteiger partial charge in [-0.05, 0) is 0 Å². The Morgan fingerprint density at radius 2 is 1.41 bits per heavy atom. The number of ether oxygens (including phenoxy) is 2. The van der Waals surface area contributed by atoms with E-state index in [0.717, 1.165) is 0 Å². The van der Waals surface area contributed by atoms with Crippen molar-refractivity contribution >= 4 is 30.4 Å². The number of carbonyl (C=O) groups excluding carboxylic acids is 2. The SMILES string of the molecule is CCC[CH2][Sn](/[CH]=C(\C(=O)OC)[C@H](CC(C)C)NC(=O)OC(C)(C)C)([CH2]CCC)[CH2]CCC. The fourth-order valence-electron chi connectivity index (χ4n) is 4.11. The average molecular weight is 560 g/mol. The van der Waals surface area contributed by atoms with E-state index in [0.29, 0.717) is 17.9 Å². The summed E-state index contributed by atoms with van der Waals surface area (Å²) in [6.45, 7) is 16.5. The molecule has 0 bridgehead atoms. The Kier molecular flexibility index (Phi) is 15.6. The Labute approximate surface area is 202 Å².